The Morgan fingerprint density at radius 3 is 2.22 bits per heavy atom. The minimum Gasteiger partial charge on any atom is -0.507 e. The van der Waals surface area contributed by atoms with Crippen LogP contribution in [0.5, 0.6) is 11.5 Å². The molecule has 0 aliphatic heterocycles. The summed E-state index contributed by atoms with van der Waals surface area (Å²) in [6, 6.07) is 15.0. The summed E-state index contributed by atoms with van der Waals surface area (Å²) in [4.78, 5) is 0. The van der Waals surface area contributed by atoms with Gasteiger partial charge in [-0.25, -0.2) is 0 Å². The average molecular weight is 234 g/mol. The van der Waals surface area contributed by atoms with Crippen LogP contribution in [-0.4, -0.2) is 10.2 Å². The lowest BCUT2D eigenvalue weighted by atomic mass is 9.93. The Morgan fingerprint density at radius 2 is 1.33 bits per heavy atom. The monoisotopic (exact) mass is 234 g/mol. The normalized spacial score (nSPS) is 11.8. The van der Waals surface area contributed by atoms with Gasteiger partial charge in [0.25, 0.3) is 0 Å². The Hall–Kier alpha value is -2.48. The van der Waals surface area contributed by atoms with Gasteiger partial charge >= 0.3 is 0 Å². The third-order valence-corrected chi connectivity index (χ3v) is 3.60. The fourth-order valence-corrected chi connectivity index (χ4v) is 2.79. The predicted molar refractivity (Wildman–Crippen MR) is 73.5 cm³/mol. The molecule has 0 heterocycles. The number of benzene rings is 4. The van der Waals surface area contributed by atoms with Crippen molar-refractivity contribution in [2.45, 2.75) is 0 Å². The summed E-state index contributed by atoms with van der Waals surface area (Å²) in [5, 5.41) is 25.8. The van der Waals surface area contributed by atoms with Gasteiger partial charge < -0.3 is 10.2 Å². The van der Waals surface area contributed by atoms with Crippen LogP contribution < -0.4 is 0 Å². The fraction of sp³-hybridized carbons (Fsp3) is 0. The zero-order valence-corrected chi connectivity index (χ0v) is 9.51. The summed E-state index contributed by atoms with van der Waals surface area (Å²) in [5.41, 5.74) is 0. The van der Waals surface area contributed by atoms with Crippen molar-refractivity contribution in [3.05, 3.63) is 48.5 Å². The Bertz CT molecular complexity index is 888. The largest absolute Gasteiger partial charge is 0.507 e. The first-order valence-corrected chi connectivity index (χ1v) is 5.84. The summed E-state index contributed by atoms with van der Waals surface area (Å²) >= 11 is 0. The molecule has 4 aromatic carbocycles. The maximum absolute atomic E-state index is 10.1. The number of hydrogen-bond donors (Lipinski definition) is 2. The van der Waals surface area contributed by atoms with E-state index in [9.17, 15) is 10.2 Å². The van der Waals surface area contributed by atoms with Gasteiger partial charge in [0.2, 0.25) is 0 Å². The van der Waals surface area contributed by atoms with Crippen molar-refractivity contribution in [3.8, 4) is 11.5 Å². The molecule has 0 radical (unpaired) electrons. The molecule has 2 nitrogen and oxygen atoms in total. The summed E-state index contributed by atoms with van der Waals surface area (Å²) < 4.78 is 0. The summed E-state index contributed by atoms with van der Waals surface area (Å²) in [7, 11) is 0. The zero-order chi connectivity index (χ0) is 12.3. The number of phenols is 2. The molecular formula is C16H10O2. The van der Waals surface area contributed by atoms with E-state index in [1.165, 1.54) is 0 Å². The number of phenolic OH excluding ortho intramolecular Hbond substituents is 2. The molecule has 2 heteroatoms. The fourth-order valence-electron chi connectivity index (χ4n) is 2.79. The topological polar surface area (TPSA) is 40.5 Å². The van der Waals surface area contributed by atoms with Gasteiger partial charge in [0.1, 0.15) is 11.5 Å². The highest BCUT2D eigenvalue weighted by Gasteiger charge is 2.12. The van der Waals surface area contributed by atoms with Crippen LogP contribution in [0.1, 0.15) is 0 Å². The molecule has 2 N–H and O–H groups in total. The quantitative estimate of drug-likeness (QED) is 0.451. The molecule has 0 saturated carbocycles. The van der Waals surface area contributed by atoms with Crippen LogP contribution in [0.25, 0.3) is 32.3 Å². The van der Waals surface area contributed by atoms with Gasteiger partial charge in [0.05, 0.1) is 0 Å². The second-order valence-corrected chi connectivity index (χ2v) is 4.60. The number of aromatic hydroxyl groups is 2. The highest BCUT2D eigenvalue weighted by molar-refractivity contribution is 6.25. The van der Waals surface area contributed by atoms with Crippen LogP contribution >= 0.6 is 0 Å². The molecule has 86 valence electrons. The van der Waals surface area contributed by atoms with E-state index < -0.39 is 0 Å². The molecule has 0 aliphatic carbocycles. The van der Waals surface area contributed by atoms with Gasteiger partial charge in [0.15, 0.2) is 0 Å². The molecule has 18 heavy (non-hydrogen) atoms. The Morgan fingerprint density at radius 1 is 0.611 bits per heavy atom. The van der Waals surface area contributed by atoms with Crippen molar-refractivity contribution in [2.75, 3.05) is 0 Å². The number of hydrogen-bond acceptors (Lipinski definition) is 2. The van der Waals surface area contributed by atoms with E-state index in [-0.39, 0.29) is 11.5 Å². The van der Waals surface area contributed by atoms with Crippen LogP contribution in [0.15, 0.2) is 48.5 Å². The molecule has 4 aromatic rings. The van der Waals surface area contributed by atoms with Crippen molar-refractivity contribution >= 4 is 32.3 Å². The maximum atomic E-state index is 10.1. The molecule has 0 fully saturated rings. The average Bonchev–Trinajstić information content (AvgIpc) is 2.40. The second kappa shape index (κ2) is 3.05. The van der Waals surface area contributed by atoms with Gasteiger partial charge in [-0.05, 0) is 22.9 Å². The highest BCUT2D eigenvalue weighted by atomic mass is 16.3. The molecule has 0 bridgehead atoms. The van der Waals surface area contributed by atoms with E-state index in [1.54, 1.807) is 12.1 Å². The first-order chi connectivity index (χ1) is 8.75. The number of rotatable bonds is 0. The van der Waals surface area contributed by atoms with Crippen LogP contribution in [0.2, 0.25) is 0 Å². The lowest BCUT2D eigenvalue weighted by Crippen LogP contribution is -1.84. The van der Waals surface area contributed by atoms with E-state index in [4.69, 9.17) is 0 Å². The summed E-state index contributed by atoms with van der Waals surface area (Å²) in [5.74, 6) is 0.562. The standard InChI is InChI=1S/C16H10O2/c17-13-7-5-10-8-14(18)11-3-1-2-9-4-6-12(13)16(10)15(9)11/h1-8,17-18H. The Kier molecular flexibility index (Phi) is 1.61. The predicted octanol–water partition coefficient (Wildman–Crippen LogP) is 4.00. The van der Waals surface area contributed by atoms with Gasteiger partial charge in [0, 0.05) is 21.5 Å². The third kappa shape index (κ3) is 1.02. The molecule has 0 saturated heterocycles. The maximum Gasteiger partial charge on any atom is 0.124 e. The van der Waals surface area contributed by atoms with E-state index >= 15 is 0 Å². The minimum atomic E-state index is 0.278. The molecule has 0 aromatic heterocycles. The van der Waals surface area contributed by atoms with Gasteiger partial charge in [-0.2, -0.15) is 0 Å². The van der Waals surface area contributed by atoms with Crippen LogP contribution in [0.3, 0.4) is 0 Å². The molecule has 0 unspecified atom stereocenters. The zero-order valence-electron chi connectivity index (χ0n) is 9.51. The first kappa shape index (κ1) is 9.54. The third-order valence-electron chi connectivity index (χ3n) is 3.60. The SMILES string of the molecule is Oc1cc2ccc(O)c3ccc4cccc1c4c23. The van der Waals surface area contributed by atoms with Crippen molar-refractivity contribution in [1.29, 1.82) is 0 Å². The van der Waals surface area contributed by atoms with Crippen molar-refractivity contribution in [2.24, 2.45) is 0 Å². The second-order valence-electron chi connectivity index (χ2n) is 4.60. The molecule has 0 spiro atoms. The minimum absolute atomic E-state index is 0.278. The van der Waals surface area contributed by atoms with Crippen molar-refractivity contribution < 1.29 is 10.2 Å². The van der Waals surface area contributed by atoms with Gasteiger partial charge in [-0.3, -0.25) is 0 Å². The molecule has 0 atom stereocenters. The van der Waals surface area contributed by atoms with E-state index in [0.29, 0.717) is 0 Å². The lowest BCUT2D eigenvalue weighted by molar-refractivity contribution is 0.480. The van der Waals surface area contributed by atoms with Crippen LogP contribution in [0.4, 0.5) is 0 Å². The molecular weight excluding hydrogens is 224 g/mol. The first-order valence-electron chi connectivity index (χ1n) is 5.84. The van der Waals surface area contributed by atoms with Crippen LogP contribution in [-0.2, 0) is 0 Å². The lowest BCUT2D eigenvalue weighted by Gasteiger charge is -2.12. The summed E-state index contributed by atoms with van der Waals surface area (Å²) in [6.45, 7) is 0. The van der Waals surface area contributed by atoms with Crippen molar-refractivity contribution in [3.63, 3.8) is 0 Å². The molecule has 0 amide bonds. The van der Waals surface area contributed by atoms with E-state index in [0.717, 1.165) is 32.3 Å². The summed E-state index contributed by atoms with van der Waals surface area (Å²) in [6.07, 6.45) is 0. The molecule has 0 aliphatic rings. The van der Waals surface area contributed by atoms with Gasteiger partial charge in [-0.15, -0.1) is 0 Å². The van der Waals surface area contributed by atoms with E-state index in [1.807, 2.05) is 36.4 Å². The van der Waals surface area contributed by atoms with Crippen LogP contribution in [0, 0.1) is 0 Å². The van der Waals surface area contributed by atoms with E-state index in [2.05, 4.69) is 0 Å². The smallest absolute Gasteiger partial charge is 0.124 e. The van der Waals surface area contributed by atoms with Crippen molar-refractivity contribution in [1.82, 2.24) is 0 Å². The highest BCUT2D eigenvalue weighted by Crippen LogP contribution is 2.41. The van der Waals surface area contributed by atoms with Gasteiger partial charge in [-0.1, -0.05) is 36.4 Å². The Labute approximate surface area is 103 Å². The molecule has 4 rings (SSSR count). The Balaban J connectivity index is 2.49.